The molecule has 0 saturated carbocycles. The average Bonchev–Trinajstić information content (AvgIpc) is 2.66. The Morgan fingerprint density at radius 2 is 2.06 bits per heavy atom. The molecule has 0 spiro atoms. The van der Waals surface area contributed by atoms with Crippen molar-refractivity contribution in [1.82, 2.24) is 14.8 Å². The fourth-order valence-corrected chi connectivity index (χ4v) is 1.73. The Hall–Kier alpha value is -0.650. The van der Waals surface area contributed by atoms with Gasteiger partial charge in [-0.1, -0.05) is 6.92 Å². The molecule has 0 aliphatic carbocycles. The summed E-state index contributed by atoms with van der Waals surface area (Å²) in [7, 11) is 1.66. The minimum Gasteiger partial charge on any atom is -0.382 e. The van der Waals surface area contributed by atoms with E-state index in [0.717, 1.165) is 31.6 Å². The van der Waals surface area contributed by atoms with Gasteiger partial charge in [-0.15, -0.1) is 10.2 Å². The molecule has 0 amide bonds. The number of halogens is 1. The Balaban J connectivity index is 2.27. The van der Waals surface area contributed by atoms with Gasteiger partial charge in [0.25, 0.3) is 0 Å². The van der Waals surface area contributed by atoms with Gasteiger partial charge in [-0.25, -0.2) is 0 Å². The van der Waals surface area contributed by atoms with Crippen molar-refractivity contribution in [2.75, 3.05) is 26.9 Å². The van der Waals surface area contributed by atoms with E-state index in [1.54, 1.807) is 7.11 Å². The lowest BCUT2D eigenvalue weighted by Crippen LogP contribution is -2.08. The number of aromatic nitrogens is 3. The highest BCUT2D eigenvalue weighted by molar-refractivity contribution is 6.28. The first-order valence-electron chi connectivity index (χ1n) is 5.93. The third-order valence-electron chi connectivity index (χ3n) is 2.36. The van der Waals surface area contributed by atoms with E-state index >= 15 is 0 Å². The third kappa shape index (κ3) is 5.02. The summed E-state index contributed by atoms with van der Waals surface area (Å²) >= 11 is 5.97. The number of ether oxygens (including phenoxy) is 2. The lowest BCUT2D eigenvalue weighted by atomic mass is 10.3. The lowest BCUT2D eigenvalue weighted by Gasteiger charge is -2.07. The molecule has 1 heterocycles. The maximum absolute atomic E-state index is 5.97. The summed E-state index contributed by atoms with van der Waals surface area (Å²) in [5.74, 6) is 0.953. The zero-order valence-corrected chi connectivity index (χ0v) is 11.2. The molecule has 0 aliphatic rings. The highest BCUT2D eigenvalue weighted by Crippen LogP contribution is 2.10. The molecule has 1 rings (SSSR count). The van der Waals surface area contributed by atoms with Gasteiger partial charge in [-0.3, -0.25) is 0 Å². The van der Waals surface area contributed by atoms with Crippen LogP contribution in [0, 0.1) is 0 Å². The summed E-state index contributed by atoms with van der Waals surface area (Å²) in [6.07, 6.45) is 2.85. The van der Waals surface area contributed by atoms with E-state index in [1.807, 2.05) is 4.57 Å². The van der Waals surface area contributed by atoms with E-state index in [0.29, 0.717) is 25.1 Å². The highest BCUT2D eigenvalue weighted by atomic mass is 35.5. The molecular formula is C11H20ClN3O2. The van der Waals surface area contributed by atoms with Crippen LogP contribution in [-0.4, -0.2) is 41.7 Å². The fraction of sp³-hybridized carbons (Fsp3) is 0.818. The van der Waals surface area contributed by atoms with Gasteiger partial charge in [-0.2, -0.15) is 0 Å². The molecule has 0 radical (unpaired) electrons. The van der Waals surface area contributed by atoms with E-state index in [-0.39, 0.29) is 0 Å². The molecule has 98 valence electrons. The Morgan fingerprint density at radius 1 is 1.24 bits per heavy atom. The van der Waals surface area contributed by atoms with Gasteiger partial charge >= 0.3 is 0 Å². The topological polar surface area (TPSA) is 49.2 Å². The molecule has 5 nitrogen and oxygen atoms in total. The fourth-order valence-electron chi connectivity index (χ4n) is 1.51. The van der Waals surface area contributed by atoms with E-state index in [2.05, 4.69) is 17.1 Å². The van der Waals surface area contributed by atoms with Crippen molar-refractivity contribution < 1.29 is 9.47 Å². The van der Waals surface area contributed by atoms with Gasteiger partial charge in [0.2, 0.25) is 5.28 Å². The molecule has 0 saturated heterocycles. The molecular weight excluding hydrogens is 242 g/mol. The molecule has 0 aliphatic heterocycles. The van der Waals surface area contributed by atoms with Crippen molar-refractivity contribution in [3.05, 3.63) is 11.1 Å². The van der Waals surface area contributed by atoms with E-state index in [9.17, 15) is 0 Å². The van der Waals surface area contributed by atoms with Crippen molar-refractivity contribution in [3.63, 3.8) is 0 Å². The number of nitrogens with zero attached hydrogens (tertiary/aromatic N) is 3. The smallest absolute Gasteiger partial charge is 0.225 e. The summed E-state index contributed by atoms with van der Waals surface area (Å²) in [6, 6.07) is 0. The van der Waals surface area contributed by atoms with Crippen LogP contribution in [-0.2, 0) is 22.4 Å². The first kappa shape index (κ1) is 14.4. The SMILES string of the molecule is CCCc1nnc(Cl)n1CCCOCCOC. The largest absolute Gasteiger partial charge is 0.382 e. The number of rotatable bonds is 9. The van der Waals surface area contributed by atoms with Crippen LogP contribution in [0.2, 0.25) is 5.28 Å². The van der Waals surface area contributed by atoms with Gasteiger partial charge in [0.05, 0.1) is 13.2 Å². The van der Waals surface area contributed by atoms with E-state index < -0.39 is 0 Å². The van der Waals surface area contributed by atoms with E-state index in [1.165, 1.54) is 0 Å². The van der Waals surface area contributed by atoms with Crippen LogP contribution in [0.1, 0.15) is 25.6 Å². The predicted octanol–water partition coefficient (Wildman–Crippen LogP) is 1.94. The summed E-state index contributed by atoms with van der Waals surface area (Å²) in [4.78, 5) is 0. The predicted molar refractivity (Wildman–Crippen MR) is 66.3 cm³/mol. The van der Waals surface area contributed by atoms with Crippen LogP contribution in [0.25, 0.3) is 0 Å². The van der Waals surface area contributed by atoms with Gasteiger partial charge in [0.1, 0.15) is 5.82 Å². The van der Waals surface area contributed by atoms with E-state index in [4.69, 9.17) is 21.1 Å². The van der Waals surface area contributed by atoms with Crippen LogP contribution in [0.5, 0.6) is 0 Å². The van der Waals surface area contributed by atoms with Crippen molar-refractivity contribution in [2.24, 2.45) is 0 Å². The summed E-state index contributed by atoms with van der Waals surface area (Å²) in [5, 5.41) is 8.40. The standard InChI is InChI=1S/C11H20ClN3O2/c1-3-5-10-13-14-11(12)15(10)6-4-7-17-9-8-16-2/h3-9H2,1-2H3. The van der Waals surface area contributed by atoms with Crippen molar-refractivity contribution in [3.8, 4) is 0 Å². The monoisotopic (exact) mass is 261 g/mol. The van der Waals surface area contributed by atoms with Crippen LogP contribution in [0.3, 0.4) is 0 Å². The Bertz CT molecular complexity index is 318. The third-order valence-corrected chi connectivity index (χ3v) is 2.64. The second-order valence-corrected chi connectivity index (χ2v) is 4.08. The average molecular weight is 262 g/mol. The zero-order chi connectivity index (χ0) is 12.5. The summed E-state index contributed by atoms with van der Waals surface area (Å²) in [6.45, 7) is 4.88. The lowest BCUT2D eigenvalue weighted by molar-refractivity contribution is 0.0679. The molecule has 6 heteroatoms. The van der Waals surface area contributed by atoms with Gasteiger partial charge in [0.15, 0.2) is 0 Å². The van der Waals surface area contributed by atoms with Crippen molar-refractivity contribution in [2.45, 2.75) is 32.7 Å². The second-order valence-electron chi connectivity index (χ2n) is 3.75. The molecule has 17 heavy (non-hydrogen) atoms. The maximum Gasteiger partial charge on any atom is 0.225 e. The minimum atomic E-state index is 0.463. The number of hydrogen-bond acceptors (Lipinski definition) is 4. The van der Waals surface area contributed by atoms with Gasteiger partial charge in [-0.05, 0) is 24.4 Å². The number of aryl methyl sites for hydroxylation is 1. The first-order valence-corrected chi connectivity index (χ1v) is 6.31. The van der Waals surface area contributed by atoms with Gasteiger partial charge < -0.3 is 14.0 Å². The normalized spacial score (nSPS) is 11.0. The summed E-state index contributed by atoms with van der Waals surface area (Å²) < 4.78 is 12.2. The molecule has 0 aromatic carbocycles. The molecule has 1 aromatic rings. The minimum absolute atomic E-state index is 0.463. The zero-order valence-electron chi connectivity index (χ0n) is 10.5. The van der Waals surface area contributed by atoms with Crippen molar-refractivity contribution >= 4 is 11.6 Å². The van der Waals surface area contributed by atoms with Crippen LogP contribution >= 0.6 is 11.6 Å². The molecule has 0 atom stereocenters. The molecule has 0 unspecified atom stereocenters. The van der Waals surface area contributed by atoms with Crippen LogP contribution in [0.15, 0.2) is 0 Å². The number of hydrogen-bond donors (Lipinski definition) is 0. The Kier molecular flexibility index (Phi) is 7.16. The molecule has 0 fully saturated rings. The maximum atomic E-state index is 5.97. The Labute approximate surface area is 107 Å². The molecule has 1 aromatic heterocycles. The Morgan fingerprint density at radius 3 is 2.76 bits per heavy atom. The molecule has 0 bridgehead atoms. The van der Waals surface area contributed by atoms with Crippen LogP contribution in [0.4, 0.5) is 0 Å². The van der Waals surface area contributed by atoms with Crippen LogP contribution < -0.4 is 0 Å². The summed E-state index contributed by atoms with van der Waals surface area (Å²) in [5.41, 5.74) is 0. The first-order chi connectivity index (χ1) is 8.29. The quantitative estimate of drug-likeness (QED) is 0.638. The second kappa shape index (κ2) is 8.44. The number of methoxy groups -OCH3 is 1. The molecule has 0 N–H and O–H groups in total. The van der Waals surface area contributed by atoms with Crippen molar-refractivity contribution in [1.29, 1.82) is 0 Å². The van der Waals surface area contributed by atoms with Gasteiger partial charge in [0, 0.05) is 26.7 Å². The highest BCUT2D eigenvalue weighted by Gasteiger charge is 2.08.